The molecule has 0 atom stereocenters. The summed E-state index contributed by atoms with van der Waals surface area (Å²) in [6, 6.07) is 16.4. The van der Waals surface area contributed by atoms with Crippen molar-refractivity contribution >= 4 is 15.7 Å². The van der Waals surface area contributed by atoms with E-state index in [4.69, 9.17) is 14.6 Å². The number of rotatable bonds is 6. The minimum atomic E-state index is -3.42. The fourth-order valence-electron chi connectivity index (χ4n) is 3.99. The zero-order valence-corrected chi connectivity index (χ0v) is 19.5. The lowest BCUT2D eigenvalue weighted by molar-refractivity contribution is 0.309. The SMILES string of the molecule is COc1ccc(-c2ccc3nc(C)c(-c4ccc(S(=O)(=O)N5CCC5)cc4)n3n2)cc1OC. The van der Waals surface area contributed by atoms with Crippen molar-refractivity contribution in [2.24, 2.45) is 0 Å². The summed E-state index contributed by atoms with van der Waals surface area (Å²) >= 11 is 0. The van der Waals surface area contributed by atoms with Crippen LogP contribution in [-0.2, 0) is 10.0 Å². The van der Waals surface area contributed by atoms with E-state index >= 15 is 0 Å². The Bertz CT molecular complexity index is 1440. The highest BCUT2D eigenvalue weighted by molar-refractivity contribution is 7.89. The van der Waals surface area contributed by atoms with Crippen LogP contribution in [-0.4, -0.2) is 54.6 Å². The number of fused-ring (bicyclic) bond motifs is 1. The van der Waals surface area contributed by atoms with Crippen molar-refractivity contribution in [3.63, 3.8) is 0 Å². The van der Waals surface area contributed by atoms with Crippen LogP contribution in [0.1, 0.15) is 12.1 Å². The quantitative estimate of drug-likeness (QED) is 0.432. The molecular formula is C24H24N4O4S. The molecule has 0 unspecified atom stereocenters. The Morgan fingerprint density at radius 1 is 0.879 bits per heavy atom. The van der Waals surface area contributed by atoms with E-state index in [0.717, 1.165) is 34.6 Å². The maximum absolute atomic E-state index is 12.7. The van der Waals surface area contributed by atoms with Crippen LogP contribution in [0, 0.1) is 6.92 Å². The molecule has 9 heteroatoms. The highest BCUT2D eigenvalue weighted by atomic mass is 32.2. The maximum Gasteiger partial charge on any atom is 0.243 e. The Balaban J connectivity index is 1.56. The zero-order chi connectivity index (χ0) is 23.2. The maximum atomic E-state index is 12.7. The number of aryl methyl sites for hydroxylation is 1. The number of sulfonamides is 1. The van der Waals surface area contributed by atoms with E-state index in [1.54, 1.807) is 30.9 Å². The van der Waals surface area contributed by atoms with E-state index in [1.165, 1.54) is 4.31 Å². The van der Waals surface area contributed by atoms with Gasteiger partial charge in [-0.25, -0.2) is 17.9 Å². The molecule has 0 amide bonds. The van der Waals surface area contributed by atoms with Crippen LogP contribution in [0.15, 0.2) is 59.5 Å². The minimum Gasteiger partial charge on any atom is -0.493 e. The molecule has 3 heterocycles. The van der Waals surface area contributed by atoms with Crippen molar-refractivity contribution in [2.75, 3.05) is 27.3 Å². The molecule has 0 spiro atoms. The molecule has 0 saturated carbocycles. The third-order valence-corrected chi connectivity index (χ3v) is 7.82. The van der Waals surface area contributed by atoms with Gasteiger partial charge in [0.05, 0.1) is 36.2 Å². The predicted octanol–water partition coefficient (Wildman–Crippen LogP) is 3.78. The highest BCUT2D eigenvalue weighted by Crippen LogP contribution is 2.33. The largest absolute Gasteiger partial charge is 0.493 e. The first-order valence-corrected chi connectivity index (χ1v) is 12.1. The number of imidazole rings is 1. The van der Waals surface area contributed by atoms with Gasteiger partial charge >= 0.3 is 0 Å². The fraction of sp³-hybridized carbons (Fsp3) is 0.250. The minimum absolute atomic E-state index is 0.302. The van der Waals surface area contributed by atoms with Gasteiger partial charge < -0.3 is 9.47 Å². The summed E-state index contributed by atoms with van der Waals surface area (Å²) in [5.74, 6) is 1.27. The van der Waals surface area contributed by atoms with E-state index < -0.39 is 10.0 Å². The Morgan fingerprint density at radius 3 is 2.21 bits per heavy atom. The lowest BCUT2D eigenvalue weighted by Crippen LogP contribution is -2.41. The average molecular weight is 465 g/mol. The van der Waals surface area contributed by atoms with E-state index in [9.17, 15) is 8.42 Å². The Kier molecular flexibility index (Phi) is 5.30. The number of aromatic nitrogens is 3. The number of methoxy groups -OCH3 is 2. The van der Waals surface area contributed by atoms with Crippen LogP contribution in [0.2, 0.25) is 0 Å². The molecule has 8 nitrogen and oxygen atoms in total. The van der Waals surface area contributed by atoms with Gasteiger partial charge in [-0.05, 0) is 55.8 Å². The second kappa shape index (κ2) is 8.17. The van der Waals surface area contributed by atoms with Gasteiger partial charge in [0.1, 0.15) is 0 Å². The van der Waals surface area contributed by atoms with Crippen molar-refractivity contribution in [3.8, 4) is 34.0 Å². The van der Waals surface area contributed by atoms with Gasteiger partial charge in [0.2, 0.25) is 10.0 Å². The van der Waals surface area contributed by atoms with Gasteiger partial charge in [-0.1, -0.05) is 12.1 Å². The van der Waals surface area contributed by atoms with E-state index in [1.807, 2.05) is 49.4 Å². The van der Waals surface area contributed by atoms with Gasteiger partial charge in [0.15, 0.2) is 17.1 Å². The third-order valence-electron chi connectivity index (χ3n) is 5.91. The molecule has 2 aromatic carbocycles. The molecule has 4 aromatic rings. The van der Waals surface area contributed by atoms with E-state index in [-0.39, 0.29) is 0 Å². The number of nitrogens with zero attached hydrogens (tertiary/aromatic N) is 4. The van der Waals surface area contributed by atoms with Crippen LogP contribution >= 0.6 is 0 Å². The Labute approximate surface area is 192 Å². The number of hydrogen-bond donors (Lipinski definition) is 0. The molecule has 1 saturated heterocycles. The van der Waals surface area contributed by atoms with Gasteiger partial charge in [-0.15, -0.1) is 0 Å². The monoisotopic (exact) mass is 464 g/mol. The normalized spacial score (nSPS) is 14.3. The highest BCUT2D eigenvalue weighted by Gasteiger charge is 2.29. The molecule has 0 aliphatic carbocycles. The topological polar surface area (TPSA) is 86.0 Å². The van der Waals surface area contributed by atoms with Crippen molar-refractivity contribution in [2.45, 2.75) is 18.2 Å². The lowest BCUT2D eigenvalue weighted by atomic mass is 10.1. The third kappa shape index (κ3) is 3.63. The van der Waals surface area contributed by atoms with E-state index in [2.05, 4.69) is 4.98 Å². The van der Waals surface area contributed by atoms with Crippen molar-refractivity contribution in [3.05, 3.63) is 60.3 Å². The van der Waals surface area contributed by atoms with Crippen LogP contribution < -0.4 is 9.47 Å². The second-order valence-corrected chi connectivity index (χ2v) is 9.82. The molecular weight excluding hydrogens is 440 g/mol. The number of hydrogen-bond acceptors (Lipinski definition) is 6. The molecule has 2 aromatic heterocycles. The second-order valence-electron chi connectivity index (χ2n) is 7.89. The van der Waals surface area contributed by atoms with Gasteiger partial charge in [-0.3, -0.25) is 0 Å². The molecule has 0 bridgehead atoms. The summed E-state index contributed by atoms with van der Waals surface area (Å²) < 4.78 is 39.4. The summed E-state index contributed by atoms with van der Waals surface area (Å²) in [5, 5.41) is 4.83. The molecule has 0 N–H and O–H groups in total. The van der Waals surface area contributed by atoms with Crippen LogP contribution in [0.5, 0.6) is 11.5 Å². The Hall–Kier alpha value is -3.43. The molecule has 1 fully saturated rings. The molecule has 0 radical (unpaired) electrons. The summed E-state index contributed by atoms with van der Waals surface area (Å²) in [6.07, 6.45) is 0.909. The first-order valence-electron chi connectivity index (χ1n) is 10.6. The summed E-state index contributed by atoms with van der Waals surface area (Å²) in [7, 11) is -0.224. The van der Waals surface area contributed by atoms with Gasteiger partial charge in [0, 0.05) is 24.2 Å². The smallest absolute Gasteiger partial charge is 0.243 e. The van der Waals surface area contributed by atoms with Crippen molar-refractivity contribution < 1.29 is 17.9 Å². The first kappa shape index (κ1) is 21.4. The molecule has 33 heavy (non-hydrogen) atoms. The fourth-order valence-corrected chi connectivity index (χ4v) is 5.50. The predicted molar refractivity (Wildman–Crippen MR) is 125 cm³/mol. The zero-order valence-electron chi connectivity index (χ0n) is 18.6. The van der Waals surface area contributed by atoms with Gasteiger partial charge in [0.25, 0.3) is 0 Å². The molecule has 5 rings (SSSR count). The van der Waals surface area contributed by atoms with Crippen LogP contribution in [0.3, 0.4) is 0 Å². The standard InChI is InChI=1S/C24H24N4O4S/c1-16-24(17-5-8-19(9-6-17)33(29,30)27-13-4-14-27)28-23(25-16)12-10-20(26-28)18-7-11-21(31-2)22(15-18)32-3/h5-12,15H,4,13-14H2,1-3H3. The number of ether oxygens (including phenoxy) is 2. The average Bonchev–Trinajstić information content (AvgIpc) is 3.12. The first-order chi connectivity index (χ1) is 15.9. The molecule has 170 valence electrons. The van der Waals surface area contributed by atoms with Crippen LogP contribution in [0.4, 0.5) is 0 Å². The number of benzene rings is 2. The van der Waals surface area contributed by atoms with E-state index in [0.29, 0.717) is 35.1 Å². The Morgan fingerprint density at radius 2 is 1.58 bits per heavy atom. The lowest BCUT2D eigenvalue weighted by Gasteiger charge is -2.29. The summed E-state index contributed by atoms with van der Waals surface area (Å²) in [6.45, 7) is 3.09. The van der Waals surface area contributed by atoms with Crippen molar-refractivity contribution in [1.82, 2.24) is 18.9 Å². The summed E-state index contributed by atoms with van der Waals surface area (Å²) in [4.78, 5) is 4.94. The van der Waals surface area contributed by atoms with Crippen molar-refractivity contribution in [1.29, 1.82) is 0 Å². The molecule has 1 aliphatic rings. The van der Waals surface area contributed by atoms with Gasteiger partial charge in [-0.2, -0.15) is 9.40 Å². The summed E-state index contributed by atoms with van der Waals surface area (Å²) in [5.41, 5.74) is 4.82. The van der Waals surface area contributed by atoms with Crippen LogP contribution in [0.25, 0.3) is 28.2 Å². The molecule has 1 aliphatic heterocycles.